The molecule has 0 aromatic heterocycles. The Balaban J connectivity index is 2.21. The first kappa shape index (κ1) is 10.5. The van der Waals surface area contributed by atoms with Crippen molar-refractivity contribution >= 4 is 0 Å². The standard InChI is InChI=1S/C13H18O2/c1-13(2,3)7-10-4-5-11-8-14-9-15-12(11)6-10/h4-6H,7-9H2,1-3H3. The van der Waals surface area contributed by atoms with E-state index in [0.29, 0.717) is 18.8 Å². The highest BCUT2D eigenvalue weighted by Crippen LogP contribution is 2.28. The Morgan fingerprint density at radius 1 is 1.27 bits per heavy atom. The van der Waals surface area contributed by atoms with Gasteiger partial charge in [0, 0.05) is 5.56 Å². The zero-order valence-electron chi connectivity index (χ0n) is 9.67. The van der Waals surface area contributed by atoms with E-state index >= 15 is 0 Å². The second-order valence-electron chi connectivity index (χ2n) is 5.29. The van der Waals surface area contributed by atoms with Gasteiger partial charge < -0.3 is 9.47 Å². The molecule has 0 aliphatic carbocycles. The van der Waals surface area contributed by atoms with Crippen molar-refractivity contribution in [3.63, 3.8) is 0 Å². The zero-order valence-corrected chi connectivity index (χ0v) is 9.67. The van der Waals surface area contributed by atoms with Crippen molar-refractivity contribution in [3.8, 4) is 5.75 Å². The van der Waals surface area contributed by atoms with Gasteiger partial charge in [-0.3, -0.25) is 0 Å². The highest BCUT2D eigenvalue weighted by atomic mass is 16.7. The van der Waals surface area contributed by atoms with Crippen LogP contribution in [0.2, 0.25) is 0 Å². The summed E-state index contributed by atoms with van der Waals surface area (Å²) < 4.78 is 10.7. The maximum Gasteiger partial charge on any atom is 0.189 e. The maximum absolute atomic E-state index is 5.46. The predicted molar refractivity (Wildman–Crippen MR) is 59.9 cm³/mol. The minimum Gasteiger partial charge on any atom is -0.467 e. The Bertz CT molecular complexity index is 350. The Kier molecular flexibility index (Phi) is 2.70. The molecule has 1 aliphatic rings. The van der Waals surface area contributed by atoms with Crippen LogP contribution in [0.4, 0.5) is 0 Å². The molecule has 15 heavy (non-hydrogen) atoms. The molecule has 0 saturated carbocycles. The van der Waals surface area contributed by atoms with Crippen molar-refractivity contribution in [1.82, 2.24) is 0 Å². The van der Waals surface area contributed by atoms with Gasteiger partial charge in [-0.25, -0.2) is 0 Å². The third-order valence-electron chi connectivity index (χ3n) is 2.42. The number of ether oxygens (including phenoxy) is 2. The fourth-order valence-corrected chi connectivity index (χ4v) is 1.83. The SMILES string of the molecule is CC(C)(C)Cc1ccc2c(c1)OCOC2. The van der Waals surface area contributed by atoms with Crippen LogP contribution < -0.4 is 4.74 Å². The minimum absolute atomic E-state index is 0.319. The summed E-state index contributed by atoms with van der Waals surface area (Å²) in [6, 6.07) is 6.42. The van der Waals surface area contributed by atoms with Crippen molar-refractivity contribution in [1.29, 1.82) is 0 Å². The molecule has 0 amide bonds. The summed E-state index contributed by atoms with van der Waals surface area (Å²) in [5, 5.41) is 0. The first-order valence-electron chi connectivity index (χ1n) is 5.37. The highest BCUT2D eigenvalue weighted by molar-refractivity contribution is 5.38. The normalized spacial score (nSPS) is 15.7. The highest BCUT2D eigenvalue weighted by Gasteiger charge is 2.15. The Hall–Kier alpha value is -1.02. The summed E-state index contributed by atoms with van der Waals surface area (Å²) in [5.41, 5.74) is 2.81. The molecular weight excluding hydrogens is 188 g/mol. The lowest BCUT2D eigenvalue weighted by Gasteiger charge is -2.21. The monoisotopic (exact) mass is 206 g/mol. The summed E-state index contributed by atoms with van der Waals surface area (Å²) in [6.45, 7) is 7.79. The fraction of sp³-hybridized carbons (Fsp3) is 0.538. The van der Waals surface area contributed by atoms with Crippen LogP contribution in [0.15, 0.2) is 18.2 Å². The topological polar surface area (TPSA) is 18.5 Å². The van der Waals surface area contributed by atoms with E-state index < -0.39 is 0 Å². The second kappa shape index (κ2) is 3.86. The summed E-state index contributed by atoms with van der Waals surface area (Å²) in [6.07, 6.45) is 1.07. The minimum atomic E-state index is 0.319. The molecule has 0 atom stereocenters. The van der Waals surface area contributed by atoms with E-state index in [1.165, 1.54) is 5.56 Å². The van der Waals surface area contributed by atoms with E-state index in [1.54, 1.807) is 0 Å². The summed E-state index contributed by atoms with van der Waals surface area (Å²) in [7, 11) is 0. The van der Waals surface area contributed by atoms with Gasteiger partial charge in [-0.1, -0.05) is 32.9 Å². The second-order valence-corrected chi connectivity index (χ2v) is 5.29. The van der Waals surface area contributed by atoms with Gasteiger partial charge in [0.1, 0.15) is 5.75 Å². The lowest BCUT2D eigenvalue weighted by molar-refractivity contribution is -0.0164. The molecule has 2 nitrogen and oxygen atoms in total. The van der Waals surface area contributed by atoms with Crippen LogP contribution in [-0.4, -0.2) is 6.79 Å². The average molecular weight is 206 g/mol. The smallest absolute Gasteiger partial charge is 0.189 e. The van der Waals surface area contributed by atoms with Crippen LogP contribution in [0.25, 0.3) is 0 Å². The Morgan fingerprint density at radius 2 is 2.07 bits per heavy atom. The summed E-state index contributed by atoms with van der Waals surface area (Å²) in [4.78, 5) is 0. The van der Waals surface area contributed by atoms with Crippen LogP contribution in [0.1, 0.15) is 31.9 Å². The van der Waals surface area contributed by atoms with E-state index in [9.17, 15) is 0 Å². The van der Waals surface area contributed by atoms with Gasteiger partial charge in [0.25, 0.3) is 0 Å². The van der Waals surface area contributed by atoms with Crippen molar-refractivity contribution in [2.75, 3.05) is 6.79 Å². The lowest BCUT2D eigenvalue weighted by Crippen LogP contribution is -2.13. The molecule has 0 bridgehead atoms. The van der Waals surface area contributed by atoms with Gasteiger partial charge in [-0.05, 0) is 23.5 Å². The molecule has 0 spiro atoms. The molecular formula is C13H18O2. The van der Waals surface area contributed by atoms with Crippen LogP contribution in [-0.2, 0) is 17.8 Å². The van der Waals surface area contributed by atoms with E-state index in [1.807, 2.05) is 0 Å². The van der Waals surface area contributed by atoms with Crippen LogP contribution in [0, 0.1) is 5.41 Å². The molecule has 1 aromatic rings. The van der Waals surface area contributed by atoms with Crippen molar-refractivity contribution in [3.05, 3.63) is 29.3 Å². The molecule has 0 fully saturated rings. The molecule has 2 rings (SSSR count). The van der Waals surface area contributed by atoms with E-state index in [4.69, 9.17) is 9.47 Å². The van der Waals surface area contributed by atoms with Crippen molar-refractivity contribution < 1.29 is 9.47 Å². The first-order chi connectivity index (χ1) is 7.04. The number of rotatable bonds is 1. The van der Waals surface area contributed by atoms with Crippen LogP contribution in [0.5, 0.6) is 5.75 Å². The molecule has 0 unspecified atom stereocenters. The van der Waals surface area contributed by atoms with Gasteiger partial charge in [-0.15, -0.1) is 0 Å². The zero-order chi connectivity index (χ0) is 10.9. The van der Waals surface area contributed by atoms with Gasteiger partial charge >= 0.3 is 0 Å². The third-order valence-corrected chi connectivity index (χ3v) is 2.42. The van der Waals surface area contributed by atoms with Crippen molar-refractivity contribution in [2.45, 2.75) is 33.8 Å². The van der Waals surface area contributed by atoms with Crippen molar-refractivity contribution in [2.24, 2.45) is 5.41 Å². The Labute approximate surface area is 91.2 Å². The molecule has 1 aromatic carbocycles. The van der Waals surface area contributed by atoms with Gasteiger partial charge in [0.05, 0.1) is 6.61 Å². The number of benzene rings is 1. The third kappa shape index (κ3) is 2.72. The van der Waals surface area contributed by atoms with E-state index in [-0.39, 0.29) is 0 Å². The molecule has 1 aliphatic heterocycles. The molecule has 0 N–H and O–H groups in total. The van der Waals surface area contributed by atoms with E-state index in [0.717, 1.165) is 17.7 Å². The fourth-order valence-electron chi connectivity index (χ4n) is 1.83. The molecule has 82 valence electrons. The summed E-state index contributed by atoms with van der Waals surface area (Å²) >= 11 is 0. The first-order valence-corrected chi connectivity index (χ1v) is 5.37. The molecule has 0 saturated heterocycles. The molecule has 2 heteroatoms. The Morgan fingerprint density at radius 3 is 2.80 bits per heavy atom. The molecule has 0 radical (unpaired) electrons. The molecule has 1 heterocycles. The number of fused-ring (bicyclic) bond motifs is 1. The quantitative estimate of drug-likeness (QED) is 0.702. The van der Waals surface area contributed by atoms with E-state index in [2.05, 4.69) is 39.0 Å². The van der Waals surface area contributed by atoms with Gasteiger partial charge in [0.15, 0.2) is 6.79 Å². The predicted octanol–water partition coefficient (Wildman–Crippen LogP) is 3.14. The maximum atomic E-state index is 5.46. The lowest BCUT2D eigenvalue weighted by atomic mass is 9.88. The summed E-state index contributed by atoms with van der Waals surface area (Å²) in [5.74, 6) is 0.989. The number of hydrogen-bond acceptors (Lipinski definition) is 2. The van der Waals surface area contributed by atoms with Crippen LogP contribution in [0.3, 0.4) is 0 Å². The van der Waals surface area contributed by atoms with Crippen LogP contribution >= 0.6 is 0 Å². The van der Waals surface area contributed by atoms with Gasteiger partial charge in [0.2, 0.25) is 0 Å². The largest absolute Gasteiger partial charge is 0.467 e. The van der Waals surface area contributed by atoms with Gasteiger partial charge in [-0.2, -0.15) is 0 Å². The number of hydrogen-bond donors (Lipinski definition) is 0. The average Bonchev–Trinajstić information content (AvgIpc) is 2.15.